The highest BCUT2D eigenvalue weighted by atomic mass is 16.5. The van der Waals surface area contributed by atoms with Crippen LogP contribution in [0.15, 0.2) is 0 Å². The highest BCUT2D eigenvalue weighted by Gasteiger charge is 2.25. The van der Waals surface area contributed by atoms with Crippen LogP contribution in [0, 0.1) is 0 Å². The van der Waals surface area contributed by atoms with Gasteiger partial charge in [0.2, 0.25) is 5.91 Å². The number of ether oxygens (including phenoxy) is 1. The Hall–Kier alpha value is -0.570. The molecule has 0 saturated carbocycles. The van der Waals surface area contributed by atoms with Gasteiger partial charge in [-0.2, -0.15) is 0 Å². The summed E-state index contributed by atoms with van der Waals surface area (Å²) in [6.45, 7) is 7.92. The SMILES string of the molecule is CCCCCCCCCCCCCCCC(=O)N1CC(C)OC(C)C1. The van der Waals surface area contributed by atoms with Crippen molar-refractivity contribution >= 4 is 5.91 Å². The van der Waals surface area contributed by atoms with Crippen LogP contribution in [-0.4, -0.2) is 36.1 Å². The maximum absolute atomic E-state index is 12.3. The fourth-order valence-corrected chi connectivity index (χ4v) is 3.83. The van der Waals surface area contributed by atoms with Crippen LogP contribution < -0.4 is 0 Å². The number of hydrogen-bond acceptors (Lipinski definition) is 2. The molecule has 0 radical (unpaired) electrons. The summed E-state index contributed by atoms with van der Waals surface area (Å²) in [5.41, 5.74) is 0. The van der Waals surface area contributed by atoms with Gasteiger partial charge in [0.1, 0.15) is 0 Å². The van der Waals surface area contributed by atoms with Crippen LogP contribution in [0.5, 0.6) is 0 Å². The average Bonchev–Trinajstić information content (AvgIpc) is 2.58. The fraction of sp³-hybridized carbons (Fsp3) is 0.955. The molecule has 1 aliphatic heterocycles. The van der Waals surface area contributed by atoms with Crippen LogP contribution in [0.1, 0.15) is 111 Å². The molecule has 0 aromatic carbocycles. The Labute approximate surface area is 156 Å². The molecule has 1 saturated heterocycles. The van der Waals surface area contributed by atoms with Gasteiger partial charge in [0.05, 0.1) is 12.2 Å². The molecule has 1 amide bonds. The molecule has 0 aromatic rings. The number of amides is 1. The number of carbonyl (C=O) groups excluding carboxylic acids is 1. The number of morpholine rings is 1. The standard InChI is InChI=1S/C22H43NO2/c1-4-5-6-7-8-9-10-11-12-13-14-15-16-17-22(24)23-18-20(2)25-21(3)19-23/h20-21H,4-19H2,1-3H3. The maximum Gasteiger partial charge on any atom is 0.222 e. The molecule has 3 heteroatoms. The van der Waals surface area contributed by atoms with Crippen molar-refractivity contribution in [1.82, 2.24) is 4.90 Å². The van der Waals surface area contributed by atoms with E-state index in [4.69, 9.17) is 4.74 Å². The van der Waals surface area contributed by atoms with Crippen molar-refractivity contribution in [1.29, 1.82) is 0 Å². The minimum absolute atomic E-state index is 0.180. The Morgan fingerprint density at radius 3 is 1.60 bits per heavy atom. The van der Waals surface area contributed by atoms with Gasteiger partial charge in [-0.15, -0.1) is 0 Å². The number of unbranched alkanes of at least 4 members (excludes halogenated alkanes) is 12. The van der Waals surface area contributed by atoms with Crippen molar-refractivity contribution in [3.8, 4) is 0 Å². The summed E-state index contributed by atoms with van der Waals surface area (Å²) in [5.74, 6) is 0.324. The van der Waals surface area contributed by atoms with E-state index < -0.39 is 0 Å². The molecule has 0 bridgehead atoms. The first kappa shape index (κ1) is 22.5. The molecule has 148 valence electrons. The molecular formula is C22H43NO2. The Kier molecular flexibility index (Phi) is 13.1. The zero-order valence-corrected chi connectivity index (χ0v) is 17.2. The minimum atomic E-state index is 0.180. The van der Waals surface area contributed by atoms with E-state index in [-0.39, 0.29) is 12.2 Å². The predicted octanol–water partition coefficient (Wildman–Crippen LogP) is 6.10. The lowest BCUT2D eigenvalue weighted by Crippen LogP contribution is -2.48. The molecule has 2 unspecified atom stereocenters. The van der Waals surface area contributed by atoms with E-state index in [1.54, 1.807) is 0 Å². The summed E-state index contributed by atoms with van der Waals surface area (Å²) in [7, 11) is 0. The molecule has 0 spiro atoms. The van der Waals surface area contributed by atoms with Crippen LogP contribution >= 0.6 is 0 Å². The second kappa shape index (κ2) is 14.6. The Bertz CT molecular complexity index is 322. The lowest BCUT2D eigenvalue weighted by Gasteiger charge is -2.35. The molecule has 0 N–H and O–H groups in total. The quantitative estimate of drug-likeness (QED) is 0.353. The molecule has 1 aliphatic rings. The van der Waals surface area contributed by atoms with Crippen molar-refractivity contribution in [3.63, 3.8) is 0 Å². The monoisotopic (exact) mass is 353 g/mol. The van der Waals surface area contributed by atoms with E-state index in [1.165, 1.54) is 77.0 Å². The zero-order chi connectivity index (χ0) is 18.3. The first-order valence-corrected chi connectivity index (χ1v) is 11.1. The van der Waals surface area contributed by atoms with Crippen LogP contribution in [-0.2, 0) is 9.53 Å². The van der Waals surface area contributed by atoms with Crippen molar-refractivity contribution < 1.29 is 9.53 Å². The van der Waals surface area contributed by atoms with E-state index in [0.717, 1.165) is 25.9 Å². The smallest absolute Gasteiger partial charge is 0.222 e. The minimum Gasteiger partial charge on any atom is -0.372 e. The van der Waals surface area contributed by atoms with Gasteiger partial charge < -0.3 is 9.64 Å². The molecule has 2 atom stereocenters. The van der Waals surface area contributed by atoms with E-state index in [9.17, 15) is 4.79 Å². The van der Waals surface area contributed by atoms with Crippen LogP contribution in [0.2, 0.25) is 0 Å². The summed E-state index contributed by atoms with van der Waals surface area (Å²) in [6, 6.07) is 0. The molecule has 25 heavy (non-hydrogen) atoms. The van der Waals surface area contributed by atoms with E-state index in [2.05, 4.69) is 20.8 Å². The fourth-order valence-electron chi connectivity index (χ4n) is 3.83. The molecule has 0 aromatic heterocycles. The van der Waals surface area contributed by atoms with Gasteiger partial charge >= 0.3 is 0 Å². The Morgan fingerprint density at radius 2 is 1.16 bits per heavy atom. The van der Waals surface area contributed by atoms with E-state index in [1.807, 2.05) is 4.90 Å². The predicted molar refractivity (Wildman–Crippen MR) is 107 cm³/mol. The summed E-state index contributed by atoms with van der Waals surface area (Å²) in [5, 5.41) is 0. The molecule has 1 fully saturated rings. The first-order valence-electron chi connectivity index (χ1n) is 11.1. The summed E-state index contributed by atoms with van der Waals surface area (Å²) < 4.78 is 5.69. The van der Waals surface area contributed by atoms with E-state index in [0.29, 0.717) is 5.91 Å². The molecular weight excluding hydrogens is 310 g/mol. The Balaban J connectivity index is 1.86. The van der Waals surface area contributed by atoms with Crippen molar-refractivity contribution in [2.45, 2.75) is 123 Å². The molecule has 1 rings (SSSR count). The second-order valence-electron chi connectivity index (χ2n) is 8.05. The van der Waals surface area contributed by atoms with Crippen molar-refractivity contribution in [2.75, 3.05) is 13.1 Å². The summed E-state index contributed by atoms with van der Waals surface area (Å²) in [6.07, 6.45) is 18.6. The highest BCUT2D eigenvalue weighted by molar-refractivity contribution is 5.76. The number of carbonyl (C=O) groups is 1. The summed E-state index contributed by atoms with van der Waals surface area (Å²) in [4.78, 5) is 14.3. The maximum atomic E-state index is 12.3. The normalized spacial score (nSPS) is 20.8. The van der Waals surface area contributed by atoms with Gasteiger partial charge in [0.25, 0.3) is 0 Å². The van der Waals surface area contributed by atoms with Crippen LogP contribution in [0.4, 0.5) is 0 Å². The van der Waals surface area contributed by atoms with Crippen LogP contribution in [0.25, 0.3) is 0 Å². The van der Waals surface area contributed by atoms with Gasteiger partial charge in [-0.1, -0.05) is 84.0 Å². The van der Waals surface area contributed by atoms with Gasteiger partial charge in [-0.3, -0.25) is 4.79 Å². The van der Waals surface area contributed by atoms with Gasteiger partial charge in [-0.05, 0) is 20.3 Å². The van der Waals surface area contributed by atoms with E-state index >= 15 is 0 Å². The second-order valence-corrected chi connectivity index (χ2v) is 8.05. The van der Waals surface area contributed by atoms with Crippen molar-refractivity contribution in [3.05, 3.63) is 0 Å². The third kappa shape index (κ3) is 11.6. The largest absolute Gasteiger partial charge is 0.372 e. The van der Waals surface area contributed by atoms with Crippen molar-refractivity contribution in [2.24, 2.45) is 0 Å². The number of nitrogens with zero attached hydrogens (tertiary/aromatic N) is 1. The number of rotatable bonds is 14. The number of hydrogen-bond donors (Lipinski definition) is 0. The van der Waals surface area contributed by atoms with Gasteiger partial charge in [0, 0.05) is 19.5 Å². The van der Waals surface area contributed by atoms with Gasteiger partial charge in [-0.25, -0.2) is 0 Å². The zero-order valence-electron chi connectivity index (χ0n) is 17.2. The molecule has 3 nitrogen and oxygen atoms in total. The summed E-state index contributed by atoms with van der Waals surface area (Å²) >= 11 is 0. The van der Waals surface area contributed by atoms with Gasteiger partial charge in [0.15, 0.2) is 0 Å². The first-order chi connectivity index (χ1) is 12.1. The lowest BCUT2D eigenvalue weighted by atomic mass is 10.0. The third-order valence-corrected chi connectivity index (χ3v) is 5.27. The Morgan fingerprint density at radius 1 is 0.760 bits per heavy atom. The molecule has 0 aliphatic carbocycles. The lowest BCUT2D eigenvalue weighted by molar-refractivity contribution is -0.143. The topological polar surface area (TPSA) is 29.5 Å². The van der Waals surface area contributed by atoms with Crippen LogP contribution in [0.3, 0.4) is 0 Å². The molecule has 1 heterocycles. The highest BCUT2D eigenvalue weighted by Crippen LogP contribution is 2.15. The third-order valence-electron chi connectivity index (χ3n) is 5.27. The average molecular weight is 354 g/mol.